The number of aryl methyl sites for hydroxylation is 1. The Morgan fingerprint density at radius 3 is 2.48 bits per heavy atom. The second-order valence-electron chi connectivity index (χ2n) is 10.00. The summed E-state index contributed by atoms with van der Waals surface area (Å²) in [6, 6.07) is 10.5. The molecule has 0 unspecified atom stereocenters. The van der Waals surface area contributed by atoms with Crippen molar-refractivity contribution in [2.45, 2.75) is 39.8 Å². The molecule has 3 aromatic rings. The van der Waals surface area contributed by atoms with Crippen LogP contribution in [0.15, 0.2) is 79.0 Å². The van der Waals surface area contributed by atoms with E-state index in [1.807, 2.05) is 45.9 Å². The number of esters is 2. The number of hydrogen-bond acceptors (Lipinski definition) is 9. The molecule has 9 nitrogen and oxygen atoms in total. The van der Waals surface area contributed by atoms with E-state index >= 15 is 0 Å². The molecule has 0 fully saturated rings. The third-order valence-electron chi connectivity index (χ3n) is 6.66. The van der Waals surface area contributed by atoms with Crippen molar-refractivity contribution in [3.8, 4) is 0 Å². The van der Waals surface area contributed by atoms with Gasteiger partial charge in [0.1, 0.15) is 22.8 Å². The summed E-state index contributed by atoms with van der Waals surface area (Å²) in [5, 5.41) is 3.31. The summed E-state index contributed by atoms with van der Waals surface area (Å²) in [5.41, 5.74) is 2.77. The van der Waals surface area contributed by atoms with Crippen molar-refractivity contribution in [2.75, 3.05) is 24.4 Å². The van der Waals surface area contributed by atoms with Gasteiger partial charge in [-0.05, 0) is 81.8 Å². The number of fused-ring (bicyclic) bond motifs is 1. The highest BCUT2D eigenvalue weighted by Crippen LogP contribution is 2.42. The number of carbonyl (C=O) groups is 3. The number of aromatic nitrogens is 1. The highest BCUT2D eigenvalue weighted by atomic mass is 32.1. The molecule has 3 heterocycles. The Kier molecular flexibility index (Phi) is 9.27. The van der Waals surface area contributed by atoms with Crippen LogP contribution in [0.2, 0.25) is 0 Å². The predicted molar refractivity (Wildman–Crippen MR) is 163 cm³/mol. The first kappa shape index (κ1) is 30.3. The van der Waals surface area contributed by atoms with Gasteiger partial charge in [-0.1, -0.05) is 6.07 Å². The third-order valence-corrected chi connectivity index (χ3v) is 7.64. The number of hydrogen-bond donors (Lipinski definition) is 1. The largest absolute Gasteiger partial charge is 0.496 e. The van der Waals surface area contributed by atoms with Gasteiger partial charge in [-0.2, -0.15) is 0 Å². The monoisotopic (exact) mass is 587 g/mol. The summed E-state index contributed by atoms with van der Waals surface area (Å²) >= 11 is 1.35. The summed E-state index contributed by atoms with van der Waals surface area (Å²) in [6.07, 6.45) is 9.41. The summed E-state index contributed by atoms with van der Waals surface area (Å²) in [4.78, 5) is 45.6. The molecule has 0 bridgehead atoms. The number of allylic oxidation sites excluding steroid dienone is 4. The molecule has 42 heavy (non-hydrogen) atoms. The molecule has 0 saturated carbocycles. The topological polar surface area (TPSA) is 107 Å². The summed E-state index contributed by atoms with van der Waals surface area (Å²) in [7, 11) is 3.25. The Morgan fingerprint density at radius 2 is 1.83 bits per heavy atom. The quantitative estimate of drug-likeness (QED) is 0.177. The molecule has 0 radical (unpaired) electrons. The molecule has 1 N–H and O–H groups in total. The lowest BCUT2D eigenvalue weighted by Crippen LogP contribution is -2.52. The first-order valence-electron chi connectivity index (χ1n) is 13.2. The summed E-state index contributed by atoms with van der Waals surface area (Å²) < 4.78 is 16.8. The number of thiophene rings is 1. The molecule has 4 rings (SSSR count). The number of ether oxygens (including phenoxy) is 3. The van der Waals surface area contributed by atoms with Gasteiger partial charge in [0.05, 0.1) is 30.3 Å². The Hall–Kier alpha value is -4.70. The number of carbonyl (C=O) groups excluding carboxylic acids is 3. The number of anilines is 2. The number of nitrogens with zero attached hydrogens (tertiary/aromatic N) is 2. The van der Waals surface area contributed by atoms with E-state index in [9.17, 15) is 14.4 Å². The molecule has 218 valence electrons. The van der Waals surface area contributed by atoms with Gasteiger partial charge in [-0.25, -0.2) is 9.59 Å². The highest BCUT2D eigenvalue weighted by Gasteiger charge is 2.39. The minimum absolute atomic E-state index is 0.104. The van der Waals surface area contributed by atoms with Crippen LogP contribution >= 0.6 is 11.3 Å². The zero-order chi connectivity index (χ0) is 30.4. The van der Waals surface area contributed by atoms with Gasteiger partial charge >= 0.3 is 11.9 Å². The minimum atomic E-state index is -0.827. The smallest absolute Gasteiger partial charge is 0.348 e. The number of likely N-dealkylation sites (N-methyl/N-ethyl adjacent to an activating group) is 1. The zero-order valence-corrected chi connectivity index (χ0v) is 25.2. The molecule has 0 spiro atoms. The Morgan fingerprint density at radius 1 is 1.10 bits per heavy atom. The van der Waals surface area contributed by atoms with E-state index < -0.39 is 17.5 Å². The van der Waals surface area contributed by atoms with Crippen LogP contribution in [0.5, 0.6) is 0 Å². The van der Waals surface area contributed by atoms with Gasteiger partial charge in [0.15, 0.2) is 0 Å². The van der Waals surface area contributed by atoms with E-state index in [4.69, 9.17) is 14.2 Å². The van der Waals surface area contributed by atoms with Crippen LogP contribution in [0, 0.1) is 6.92 Å². The third kappa shape index (κ3) is 6.44. The molecule has 2 aromatic heterocycles. The zero-order valence-electron chi connectivity index (χ0n) is 24.4. The van der Waals surface area contributed by atoms with E-state index in [0.29, 0.717) is 38.6 Å². The van der Waals surface area contributed by atoms with Crippen molar-refractivity contribution in [2.24, 2.45) is 0 Å². The fourth-order valence-corrected chi connectivity index (χ4v) is 5.42. The van der Waals surface area contributed by atoms with Crippen LogP contribution in [0.3, 0.4) is 0 Å². The van der Waals surface area contributed by atoms with E-state index in [2.05, 4.69) is 10.3 Å². The Balaban J connectivity index is 1.77. The maximum absolute atomic E-state index is 13.3. The van der Waals surface area contributed by atoms with Crippen molar-refractivity contribution >= 4 is 46.1 Å². The average molecular weight is 588 g/mol. The first-order chi connectivity index (χ1) is 20.1. The predicted octanol–water partition coefficient (Wildman–Crippen LogP) is 6.28. The maximum Gasteiger partial charge on any atom is 0.348 e. The number of amides is 1. The molecular weight excluding hydrogens is 554 g/mol. The molecule has 10 heteroatoms. The first-order valence-corrected chi connectivity index (χ1v) is 14.0. The number of methoxy groups -OCH3 is 1. The number of pyridine rings is 1. The molecule has 0 atom stereocenters. The SMILES string of the molecule is C\C=C(OC)/C(=C\C=C\OC(=O)c1ccncc1)c1ccc2c(c1COC(=O)c1ccc(C)s1)N(C)C(=O)C(C)(C)N2. The van der Waals surface area contributed by atoms with Crippen LogP contribution in [0.4, 0.5) is 11.4 Å². The molecule has 0 aliphatic carbocycles. The van der Waals surface area contributed by atoms with E-state index in [1.165, 1.54) is 30.0 Å². The molecule has 1 aromatic carbocycles. The van der Waals surface area contributed by atoms with Gasteiger partial charge in [-0.3, -0.25) is 9.78 Å². The minimum Gasteiger partial charge on any atom is -0.496 e. The van der Waals surface area contributed by atoms with E-state index in [-0.39, 0.29) is 12.5 Å². The van der Waals surface area contributed by atoms with Crippen molar-refractivity contribution in [3.63, 3.8) is 0 Å². The van der Waals surface area contributed by atoms with E-state index in [0.717, 1.165) is 10.6 Å². The normalized spacial score (nSPS) is 14.8. The number of rotatable bonds is 9. The second kappa shape index (κ2) is 12.9. The molecule has 0 saturated heterocycles. The lowest BCUT2D eigenvalue weighted by Gasteiger charge is -2.39. The van der Waals surface area contributed by atoms with Crippen molar-refractivity contribution in [1.82, 2.24) is 4.98 Å². The summed E-state index contributed by atoms with van der Waals surface area (Å²) in [5.74, 6) is -0.596. The lowest BCUT2D eigenvalue weighted by atomic mass is 9.91. The van der Waals surface area contributed by atoms with Crippen LogP contribution < -0.4 is 10.2 Å². The molecule has 1 amide bonds. The molecule has 1 aliphatic rings. The average Bonchev–Trinajstić information content (AvgIpc) is 3.42. The van der Waals surface area contributed by atoms with Gasteiger partial charge < -0.3 is 24.4 Å². The van der Waals surface area contributed by atoms with Crippen LogP contribution in [0.1, 0.15) is 56.8 Å². The van der Waals surface area contributed by atoms with Gasteiger partial charge in [0.2, 0.25) is 0 Å². The van der Waals surface area contributed by atoms with Gasteiger partial charge in [0.25, 0.3) is 5.91 Å². The maximum atomic E-state index is 13.3. The van der Waals surface area contributed by atoms with Crippen molar-refractivity contribution in [1.29, 1.82) is 0 Å². The second-order valence-corrected chi connectivity index (χ2v) is 11.3. The molecular formula is C32H33N3O6S. The fourth-order valence-electron chi connectivity index (χ4n) is 4.66. The van der Waals surface area contributed by atoms with Crippen LogP contribution in [-0.2, 0) is 25.6 Å². The molecule has 1 aliphatic heterocycles. The Labute approximate surface area is 249 Å². The Bertz CT molecular complexity index is 1590. The summed E-state index contributed by atoms with van der Waals surface area (Å²) in [6.45, 7) is 7.27. The standard InChI is InChI=1S/C32H33N3O6S/c1-7-26(39-6)23(9-8-18-40-29(36)21-14-16-33-17-15-21)22-11-12-25-28(35(5)31(38)32(3,4)34-25)24(22)19-41-30(37)27-13-10-20(2)42-27/h7-18,34H,19H2,1-6H3/b18-8+,23-9-,26-7+. The highest BCUT2D eigenvalue weighted by molar-refractivity contribution is 7.13. The van der Waals surface area contributed by atoms with Crippen LogP contribution in [0.25, 0.3) is 5.57 Å². The van der Waals surface area contributed by atoms with Crippen LogP contribution in [-0.4, -0.2) is 42.5 Å². The van der Waals surface area contributed by atoms with Gasteiger partial charge in [0, 0.05) is 35.5 Å². The lowest BCUT2D eigenvalue weighted by molar-refractivity contribution is -0.121. The van der Waals surface area contributed by atoms with Gasteiger partial charge in [-0.15, -0.1) is 11.3 Å². The van der Waals surface area contributed by atoms with Crippen molar-refractivity contribution < 1.29 is 28.6 Å². The van der Waals surface area contributed by atoms with Crippen molar-refractivity contribution in [3.05, 3.63) is 105 Å². The number of benzene rings is 1. The van der Waals surface area contributed by atoms with E-state index in [1.54, 1.807) is 55.5 Å². The number of nitrogens with one attached hydrogen (secondary N) is 1. The fraction of sp³-hybridized carbons (Fsp3) is 0.250.